The van der Waals surface area contributed by atoms with E-state index in [1.807, 2.05) is 20.8 Å². The fourth-order valence-electron chi connectivity index (χ4n) is 1.96. The van der Waals surface area contributed by atoms with Crippen LogP contribution in [-0.4, -0.2) is 34.7 Å². The standard InChI is InChI=1S/C15H21N3O3/c1-15(2,3)21-14(19)18-5-4-6-20-10-13(18)11-7-12(16)9-17-8-11/h7-10H,4-6,16H2,1-3H3. The number of aromatic nitrogens is 1. The molecule has 0 aliphatic carbocycles. The van der Waals surface area contributed by atoms with Gasteiger partial charge >= 0.3 is 6.09 Å². The van der Waals surface area contributed by atoms with Gasteiger partial charge in [0.25, 0.3) is 0 Å². The number of carbonyl (C=O) groups is 1. The maximum atomic E-state index is 12.4. The van der Waals surface area contributed by atoms with Gasteiger partial charge in [-0.1, -0.05) is 0 Å². The van der Waals surface area contributed by atoms with Crippen LogP contribution in [0.5, 0.6) is 0 Å². The van der Waals surface area contributed by atoms with Crippen molar-refractivity contribution >= 4 is 17.5 Å². The summed E-state index contributed by atoms with van der Waals surface area (Å²) in [6, 6.07) is 1.75. The molecule has 1 aromatic rings. The number of ether oxygens (including phenoxy) is 2. The van der Waals surface area contributed by atoms with Gasteiger partial charge in [0.1, 0.15) is 11.9 Å². The normalized spacial score (nSPS) is 15.8. The van der Waals surface area contributed by atoms with E-state index >= 15 is 0 Å². The lowest BCUT2D eigenvalue weighted by Gasteiger charge is -2.27. The minimum Gasteiger partial charge on any atom is -0.499 e. The number of pyridine rings is 1. The molecule has 0 bridgehead atoms. The van der Waals surface area contributed by atoms with Gasteiger partial charge in [-0.3, -0.25) is 9.88 Å². The van der Waals surface area contributed by atoms with Crippen molar-refractivity contribution in [3.63, 3.8) is 0 Å². The molecule has 0 saturated carbocycles. The van der Waals surface area contributed by atoms with Gasteiger partial charge < -0.3 is 15.2 Å². The van der Waals surface area contributed by atoms with Gasteiger partial charge in [-0.05, 0) is 33.3 Å². The first-order chi connectivity index (χ1) is 9.87. The Balaban J connectivity index is 2.30. The fourth-order valence-corrected chi connectivity index (χ4v) is 1.96. The minimum absolute atomic E-state index is 0.401. The molecule has 0 radical (unpaired) electrons. The average molecular weight is 291 g/mol. The third kappa shape index (κ3) is 4.11. The number of nitrogens with zero attached hydrogens (tertiary/aromatic N) is 2. The third-order valence-corrected chi connectivity index (χ3v) is 2.80. The molecular formula is C15H21N3O3. The second kappa shape index (κ2) is 6.03. The predicted octanol–water partition coefficient (Wildman–Crippen LogP) is 2.62. The summed E-state index contributed by atoms with van der Waals surface area (Å²) in [7, 11) is 0. The van der Waals surface area contributed by atoms with Crippen molar-refractivity contribution in [3.8, 4) is 0 Å². The summed E-state index contributed by atoms with van der Waals surface area (Å²) in [6.45, 7) is 6.59. The van der Waals surface area contributed by atoms with Crippen molar-refractivity contribution in [2.45, 2.75) is 32.8 Å². The molecule has 0 fully saturated rings. The first-order valence-electron chi connectivity index (χ1n) is 6.90. The zero-order valence-electron chi connectivity index (χ0n) is 12.6. The van der Waals surface area contributed by atoms with Crippen molar-refractivity contribution in [3.05, 3.63) is 30.3 Å². The highest BCUT2D eigenvalue weighted by atomic mass is 16.6. The van der Waals surface area contributed by atoms with Crippen LogP contribution in [0.3, 0.4) is 0 Å². The second-order valence-electron chi connectivity index (χ2n) is 5.87. The Morgan fingerprint density at radius 2 is 2.19 bits per heavy atom. The highest BCUT2D eigenvalue weighted by molar-refractivity contribution is 5.82. The molecule has 0 saturated heterocycles. The molecule has 0 spiro atoms. The molecule has 6 heteroatoms. The number of amides is 1. The van der Waals surface area contributed by atoms with E-state index in [4.69, 9.17) is 15.2 Å². The number of anilines is 1. The molecule has 0 aromatic carbocycles. The Bertz CT molecular complexity index is 549. The van der Waals surface area contributed by atoms with Crippen LogP contribution in [0.15, 0.2) is 24.7 Å². The van der Waals surface area contributed by atoms with E-state index in [0.29, 0.717) is 24.5 Å². The second-order valence-corrected chi connectivity index (χ2v) is 5.87. The Morgan fingerprint density at radius 3 is 2.86 bits per heavy atom. The van der Waals surface area contributed by atoms with E-state index in [1.165, 1.54) is 0 Å². The number of hydrogen-bond acceptors (Lipinski definition) is 5. The average Bonchev–Trinajstić information content (AvgIpc) is 2.62. The summed E-state index contributed by atoms with van der Waals surface area (Å²) >= 11 is 0. The predicted molar refractivity (Wildman–Crippen MR) is 80.1 cm³/mol. The van der Waals surface area contributed by atoms with Gasteiger partial charge in [0.2, 0.25) is 0 Å². The molecule has 1 aliphatic rings. The summed E-state index contributed by atoms with van der Waals surface area (Å²) in [5.74, 6) is 0. The molecule has 1 aliphatic heterocycles. The smallest absolute Gasteiger partial charge is 0.414 e. The van der Waals surface area contributed by atoms with E-state index in [0.717, 1.165) is 12.0 Å². The molecule has 21 heavy (non-hydrogen) atoms. The first-order valence-corrected chi connectivity index (χ1v) is 6.90. The van der Waals surface area contributed by atoms with Crippen LogP contribution in [0.2, 0.25) is 0 Å². The number of nitrogen functional groups attached to an aromatic ring is 1. The number of nitrogens with two attached hydrogens (primary N) is 1. The summed E-state index contributed by atoms with van der Waals surface area (Å²) < 4.78 is 10.9. The molecule has 2 rings (SSSR count). The summed E-state index contributed by atoms with van der Waals surface area (Å²) in [5.41, 5.74) is 7.08. The van der Waals surface area contributed by atoms with Gasteiger partial charge in [-0.15, -0.1) is 0 Å². The van der Waals surface area contributed by atoms with Crippen LogP contribution in [0.25, 0.3) is 5.70 Å². The molecule has 2 heterocycles. The number of rotatable bonds is 1. The molecule has 2 N–H and O–H groups in total. The SMILES string of the molecule is CC(C)(C)OC(=O)N1CCCOC=C1c1cncc(N)c1. The van der Waals surface area contributed by atoms with E-state index < -0.39 is 11.7 Å². The van der Waals surface area contributed by atoms with Crippen LogP contribution in [0, 0.1) is 0 Å². The number of hydrogen-bond donors (Lipinski definition) is 1. The lowest BCUT2D eigenvalue weighted by molar-refractivity contribution is 0.0354. The zero-order chi connectivity index (χ0) is 15.5. The van der Waals surface area contributed by atoms with Crippen molar-refractivity contribution in [2.24, 2.45) is 0 Å². The largest absolute Gasteiger partial charge is 0.499 e. The van der Waals surface area contributed by atoms with Gasteiger partial charge in [-0.2, -0.15) is 0 Å². The van der Waals surface area contributed by atoms with Crippen LogP contribution >= 0.6 is 0 Å². The summed E-state index contributed by atoms with van der Waals surface area (Å²) in [6.07, 6.45) is 5.09. The molecule has 1 amide bonds. The van der Waals surface area contributed by atoms with Gasteiger partial charge in [-0.25, -0.2) is 4.79 Å². The fraction of sp³-hybridized carbons (Fsp3) is 0.467. The molecule has 114 valence electrons. The molecule has 6 nitrogen and oxygen atoms in total. The Hall–Kier alpha value is -2.24. The maximum absolute atomic E-state index is 12.4. The van der Waals surface area contributed by atoms with Crippen molar-refractivity contribution in [2.75, 3.05) is 18.9 Å². The van der Waals surface area contributed by atoms with E-state index in [1.54, 1.807) is 29.6 Å². The highest BCUT2D eigenvalue weighted by Gasteiger charge is 2.27. The van der Waals surface area contributed by atoms with Crippen LogP contribution in [0.1, 0.15) is 32.8 Å². The van der Waals surface area contributed by atoms with Crippen molar-refractivity contribution in [1.82, 2.24) is 9.88 Å². The Morgan fingerprint density at radius 1 is 1.43 bits per heavy atom. The summed E-state index contributed by atoms with van der Waals surface area (Å²) in [4.78, 5) is 18.0. The third-order valence-electron chi connectivity index (χ3n) is 2.80. The molecule has 1 aromatic heterocycles. The molecule has 0 unspecified atom stereocenters. The van der Waals surface area contributed by atoms with Crippen molar-refractivity contribution in [1.29, 1.82) is 0 Å². The zero-order valence-corrected chi connectivity index (χ0v) is 12.6. The highest BCUT2D eigenvalue weighted by Crippen LogP contribution is 2.25. The minimum atomic E-state index is -0.552. The van der Waals surface area contributed by atoms with Crippen molar-refractivity contribution < 1.29 is 14.3 Å². The quantitative estimate of drug-likeness (QED) is 0.860. The maximum Gasteiger partial charge on any atom is 0.414 e. The lowest BCUT2D eigenvalue weighted by Crippen LogP contribution is -2.36. The Kier molecular flexibility index (Phi) is 4.35. The monoisotopic (exact) mass is 291 g/mol. The van der Waals surface area contributed by atoms with Crippen LogP contribution < -0.4 is 5.73 Å². The number of carbonyl (C=O) groups excluding carboxylic acids is 1. The van der Waals surface area contributed by atoms with E-state index in [2.05, 4.69) is 4.98 Å². The topological polar surface area (TPSA) is 77.7 Å². The van der Waals surface area contributed by atoms with Gasteiger partial charge in [0.15, 0.2) is 0 Å². The molecular weight excluding hydrogens is 270 g/mol. The van der Waals surface area contributed by atoms with Gasteiger partial charge in [0, 0.05) is 24.5 Å². The Labute approximate surface area is 124 Å². The van der Waals surface area contributed by atoms with Crippen LogP contribution in [0.4, 0.5) is 10.5 Å². The van der Waals surface area contributed by atoms with E-state index in [9.17, 15) is 4.79 Å². The van der Waals surface area contributed by atoms with Gasteiger partial charge in [0.05, 0.1) is 18.0 Å². The summed E-state index contributed by atoms with van der Waals surface area (Å²) in [5, 5.41) is 0. The first kappa shape index (κ1) is 15.2. The lowest BCUT2D eigenvalue weighted by atomic mass is 10.2. The van der Waals surface area contributed by atoms with E-state index in [-0.39, 0.29) is 0 Å². The molecule has 0 atom stereocenters. The van der Waals surface area contributed by atoms with Crippen LogP contribution in [-0.2, 0) is 9.47 Å².